The minimum Gasteiger partial charge on any atom is -0.391 e. The van der Waals surface area contributed by atoms with Crippen molar-refractivity contribution < 1.29 is 5.11 Å². The minimum absolute atomic E-state index is 0.268. The summed E-state index contributed by atoms with van der Waals surface area (Å²) in [7, 11) is 0. The summed E-state index contributed by atoms with van der Waals surface area (Å²) in [5.74, 6) is 0. The fourth-order valence-corrected chi connectivity index (χ4v) is 3.87. The van der Waals surface area contributed by atoms with Gasteiger partial charge in [0.15, 0.2) is 0 Å². The summed E-state index contributed by atoms with van der Waals surface area (Å²) in [6.45, 7) is 6.30. The Kier molecular flexibility index (Phi) is 6.22. The standard InChI is InChI=1S/C19H26N2OS/c22-18(15-17-5-2-1-3-6-17)16-21-12-10-20(11-13-21)9-8-19-7-4-14-23-19/h1-7,14,18,22H,8-13,15-16H2. The van der Waals surface area contributed by atoms with Crippen LogP contribution in [0, 0.1) is 0 Å². The Hall–Kier alpha value is -1.20. The molecule has 0 amide bonds. The minimum atomic E-state index is -0.268. The zero-order valence-corrected chi connectivity index (χ0v) is 14.4. The number of benzene rings is 1. The Balaban J connectivity index is 1.35. The summed E-state index contributed by atoms with van der Waals surface area (Å²) in [6.07, 6.45) is 1.64. The quantitative estimate of drug-likeness (QED) is 0.845. The molecule has 2 aromatic rings. The lowest BCUT2D eigenvalue weighted by atomic mass is 10.1. The van der Waals surface area contributed by atoms with Gasteiger partial charge in [-0.15, -0.1) is 11.3 Å². The van der Waals surface area contributed by atoms with Crippen molar-refractivity contribution in [3.8, 4) is 0 Å². The highest BCUT2D eigenvalue weighted by Crippen LogP contribution is 2.11. The molecule has 0 saturated carbocycles. The van der Waals surface area contributed by atoms with Crippen molar-refractivity contribution in [2.24, 2.45) is 0 Å². The molecule has 1 aliphatic heterocycles. The van der Waals surface area contributed by atoms with Gasteiger partial charge in [-0.1, -0.05) is 36.4 Å². The average Bonchev–Trinajstić information content (AvgIpc) is 3.08. The van der Waals surface area contributed by atoms with E-state index < -0.39 is 0 Å². The van der Waals surface area contributed by atoms with E-state index in [-0.39, 0.29) is 6.10 Å². The SMILES string of the molecule is OC(Cc1ccccc1)CN1CCN(CCc2cccs2)CC1. The second-order valence-corrected chi connectivity index (χ2v) is 7.35. The number of hydrogen-bond donors (Lipinski definition) is 1. The van der Waals surface area contributed by atoms with Gasteiger partial charge in [-0.2, -0.15) is 0 Å². The number of β-amino-alcohol motifs (C(OH)–C–C–N with tert-alkyl or cyclic N) is 1. The molecule has 2 heterocycles. The van der Waals surface area contributed by atoms with Crippen LogP contribution < -0.4 is 0 Å². The number of piperazine rings is 1. The molecule has 4 heteroatoms. The van der Waals surface area contributed by atoms with Gasteiger partial charge in [-0.25, -0.2) is 0 Å². The summed E-state index contributed by atoms with van der Waals surface area (Å²) in [5, 5.41) is 12.4. The van der Waals surface area contributed by atoms with Crippen molar-refractivity contribution in [1.29, 1.82) is 0 Å². The summed E-state index contributed by atoms with van der Waals surface area (Å²) >= 11 is 1.85. The van der Waals surface area contributed by atoms with Gasteiger partial charge < -0.3 is 10.0 Å². The van der Waals surface area contributed by atoms with E-state index in [9.17, 15) is 5.11 Å². The van der Waals surface area contributed by atoms with Gasteiger partial charge >= 0.3 is 0 Å². The first-order chi connectivity index (χ1) is 11.3. The monoisotopic (exact) mass is 330 g/mol. The van der Waals surface area contributed by atoms with Crippen LogP contribution in [-0.2, 0) is 12.8 Å². The molecule has 1 saturated heterocycles. The molecule has 1 aromatic carbocycles. The van der Waals surface area contributed by atoms with E-state index in [1.54, 1.807) is 0 Å². The smallest absolute Gasteiger partial charge is 0.0707 e. The van der Waals surface area contributed by atoms with Gasteiger partial charge in [0.05, 0.1) is 6.10 Å². The van der Waals surface area contributed by atoms with E-state index >= 15 is 0 Å². The number of hydrogen-bond acceptors (Lipinski definition) is 4. The van der Waals surface area contributed by atoms with E-state index in [0.29, 0.717) is 0 Å². The first-order valence-corrected chi connectivity index (χ1v) is 9.36. The van der Waals surface area contributed by atoms with E-state index in [2.05, 4.69) is 39.4 Å². The predicted octanol–water partition coefficient (Wildman–Crippen LogP) is 2.51. The fourth-order valence-electron chi connectivity index (χ4n) is 3.17. The topological polar surface area (TPSA) is 26.7 Å². The molecule has 3 rings (SSSR count). The maximum absolute atomic E-state index is 10.3. The van der Waals surface area contributed by atoms with Gasteiger partial charge in [0.1, 0.15) is 0 Å². The van der Waals surface area contributed by atoms with Crippen LogP contribution in [0.2, 0.25) is 0 Å². The van der Waals surface area contributed by atoms with E-state index in [0.717, 1.165) is 52.1 Å². The lowest BCUT2D eigenvalue weighted by Gasteiger charge is -2.35. The summed E-state index contributed by atoms with van der Waals surface area (Å²) < 4.78 is 0. The highest BCUT2D eigenvalue weighted by atomic mass is 32.1. The molecule has 0 aliphatic carbocycles. The van der Waals surface area contributed by atoms with Crippen LogP contribution in [0.1, 0.15) is 10.4 Å². The highest BCUT2D eigenvalue weighted by Gasteiger charge is 2.19. The molecule has 0 radical (unpaired) electrons. The first-order valence-electron chi connectivity index (χ1n) is 8.49. The number of nitrogens with zero attached hydrogens (tertiary/aromatic N) is 2. The largest absolute Gasteiger partial charge is 0.391 e. The molecule has 0 bridgehead atoms. The van der Waals surface area contributed by atoms with Crippen molar-refractivity contribution in [2.75, 3.05) is 39.3 Å². The summed E-state index contributed by atoms with van der Waals surface area (Å²) in [5.41, 5.74) is 1.22. The van der Waals surface area contributed by atoms with Gasteiger partial charge in [0.25, 0.3) is 0 Å². The second kappa shape index (κ2) is 8.60. The Labute approximate surface area is 143 Å². The van der Waals surface area contributed by atoms with Crippen LogP contribution in [0.4, 0.5) is 0 Å². The molecule has 1 fully saturated rings. The molecule has 0 spiro atoms. The third-order valence-corrected chi connectivity index (χ3v) is 5.44. The molecular weight excluding hydrogens is 304 g/mol. The van der Waals surface area contributed by atoms with E-state index in [1.165, 1.54) is 10.4 Å². The lowest BCUT2D eigenvalue weighted by molar-refractivity contribution is 0.0734. The predicted molar refractivity (Wildman–Crippen MR) is 97.1 cm³/mol. The van der Waals surface area contributed by atoms with Crippen LogP contribution in [0.15, 0.2) is 47.8 Å². The maximum Gasteiger partial charge on any atom is 0.0707 e. The van der Waals surface area contributed by atoms with Crippen molar-refractivity contribution in [2.45, 2.75) is 18.9 Å². The van der Waals surface area contributed by atoms with Gasteiger partial charge in [-0.05, 0) is 29.9 Å². The van der Waals surface area contributed by atoms with Crippen molar-refractivity contribution in [3.63, 3.8) is 0 Å². The maximum atomic E-state index is 10.3. The van der Waals surface area contributed by atoms with Crippen LogP contribution >= 0.6 is 11.3 Å². The number of rotatable bonds is 7. The van der Waals surface area contributed by atoms with Crippen LogP contribution in [0.25, 0.3) is 0 Å². The average molecular weight is 330 g/mol. The van der Waals surface area contributed by atoms with Crippen molar-refractivity contribution in [3.05, 3.63) is 58.3 Å². The molecule has 1 N–H and O–H groups in total. The molecule has 23 heavy (non-hydrogen) atoms. The van der Waals surface area contributed by atoms with Gasteiger partial charge in [-0.3, -0.25) is 4.90 Å². The van der Waals surface area contributed by atoms with Crippen LogP contribution in [0.5, 0.6) is 0 Å². The third-order valence-electron chi connectivity index (χ3n) is 4.50. The first kappa shape index (κ1) is 16.7. The lowest BCUT2D eigenvalue weighted by Crippen LogP contribution is -2.49. The van der Waals surface area contributed by atoms with Crippen LogP contribution in [0.3, 0.4) is 0 Å². The second-order valence-electron chi connectivity index (χ2n) is 6.32. The Morgan fingerprint density at radius 1 is 0.957 bits per heavy atom. The zero-order chi connectivity index (χ0) is 15.9. The summed E-state index contributed by atoms with van der Waals surface area (Å²) in [6, 6.07) is 14.6. The molecule has 1 aliphatic rings. The van der Waals surface area contributed by atoms with Gasteiger partial charge in [0.2, 0.25) is 0 Å². The molecule has 124 valence electrons. The fraction of sp³-hybridized carbons (Fsp3) is 0.474. The summed E-state index contributed by atoms with van der Waals surface area (Å²) in [4.78, 5) is 6.42. The molecule has 3 nitrogen and oxygen atoms in total. The number of thiophene rings is 1. The third kappa shape index (κ3) is 5.43. The Bertz CT molecular complexity index is 550. The normalized spacial score (nSPS) is 18.1. The molecule has 1 unspecified atom stereocenters. The van der Waals surface area contributed by atoms with Crippen molar-refractivity contribution >= 4 is 11.3 Å². The molecule has 1 atom stereocenters. The van der Waals surface area contributed by atoms with Crippen LogP contribution in [-0.4, -0.2) is 60.3 Å². The number of aliphatic hydroxyl groups excluding tert-OH is 1. The van der Waals surface area contributed by atoms with Crippen molar-refractivity contribution in [1.82, 2.24) is 9.80 Å². The molecular formula is C19H26N2OS. The van der Waals surface area contributed by atoms with E-state index in [1.807, 2.05) is 29.5 Å². The Morgan fingerprint density at radius 2 is 1.70 bits per heavy atom. The highest BCUT2D eigenvalue weighted by molar-refractivity contribution is 7.09. The number of aliphatic hydroxyl groups is 1. The Morgan fingerprint density at radius 3 is 2.39 bits per heavy atom. The van der Waals surface area contributed by atoms with Gasteiger partial charge in [0, 0.05) is 44.1 Å². The van der Waals surface area contributed by atoms with E-state index in [4.69, 9.17) is 0 Å². The molecule has 1 aromatic heterocycles. The zero-order valence-electron chi connectivity index (χ0n) is 13.6.